The Labute approximate surface area is 66.0 Å². The van der Waals surface area contributed by atoms with Crippen LogP contribution in [0.1, 0.15) is 12.8 Å². The van der Waals surface area contributed by atoms with Crippen molar-refractivity contribution in [1.82, 2.24) is 5.32 Å². The Bertz CT molecular complexity index is 101. The van der Waals surface area contributed by atoms with Crippen LogP contribution in [0.4, 0.5) is 0 Å². The Kier molecular flexibility index (Phi) is 3.95. The Hall–Kier alpha value is 0.0274. The summed E-state index contributed by atoms with van der Waals surface area (Å²) in [5.74, 6) is -0.720. The molecular weight excluding hydrogens is 113 g/mol. The molecule has 1 unspecified atom stereocenters. The second-order valence-corrected chi connectivity index (χ2v) is 1.99. The molecule has 4 heteroatoms. The number of rotatable bonds is 1. The van der Waals surface area contributed by atoms with Gasteiger partial charge in [0.1, 0.15) is 6.04 Å². The zero-order valence-electron chi connectivity index (χ0n) is 5.55. The summed E-state index contributed by atoms with van der Waals surface area (Å²) in [5, 5.41) is 11.2. The summed E-state index contributed by atoms with van der Waals surface area (Å²) in [5.41, 5.74) is 0. The Morgan fingerprint density at radius 1 is 1.67 bits per heavy atom. The van der Waals surface area contributed by atoms with E-state index in [4.69, 9.17) is 5.11 Å². The average molecular weight is 122 g/mol. The van der Waals surface area contributed by atoms with E-state index >= 15 is 0 Å². The van der Waals surface area contributed by atoms with Gasteiger partial charge in [0.05, 0.1) is 0 Å². The Morgan fingerprint density at radius 2 is 2.33 bits per heavy atom. The molecule has 1 saturated heterocycles. The molecule has 0 amide bonds. The zero-order valence-corrected chi connectivity index (χ0v) is 5.55. The quantitative estimate of drug-likeness (QED) is 0.361. The maximum atomic E-state index is 10.1. The van der Waals surface area contributed by atoms with Crippen molar-refractivity contribution >= 4 is 5.97 Å². The fraction of sp³-hybridized carbons (Fsp3) is 0.800. The van der Waals surface area contributed by atoms with E-state index in [9.17, 15) is 4.79 Å². The molecule has 1 fully saturated rings. The molecule has 2 N–H and O–H groups in total. The van der Waals surface area contributed by atoms with Gasteiger partial charge in [-0.2, -0.15) is 0 Å². The number of hydrogen-bond acceptors (Lipinski definition) is 2. The van der Waals surface area contributed by atoms with E-state index in [1.807, 2.05) is 0 Å². The maximum Gasteiger partial charge on any atom is 1.00 e. The first-order chi connectivity index (χ1) is 3.80. The molecule has 9 heavy (non-hydrogen) atoms. The normalized spacial score (nSPS) is 25.1. The third-order valence-corrected chi connectivity index (χ3v) is 1.36. The van der Waals surface area contributed by atoms with Crippen molar-refractivity contribution in [2.75, 3.05) is 6.54 Å². The van der Waals surface area contributed by atoms with Gasteiger partial charge in [0.2, 0.25) is 0 Å². The molecule has 0 aromatic carbocycles. The second kappa shape index (κ2) is 3.94. The van der Waals surface area contributed by atoms with Gasteiger partial charge in [-0.05, 0) is 19.4 Å². The molecule has 0 spiro atoms. The van der Waals surface area contributed by atoms with Crippen LogP contribution >= 0.6 is 0 Å². The van der Waals surface area contributed by atoms with Crippen molar-refractivity contribution in [1.29, 1.82) is 0 Å². The van der Waals surface area contributed by atoms with Crippen LogP contribution in [-0.2, 0) is 4.79 Å². The van der Waals surface area contributed by atoms with Gasteiger partial charge >= 0.3 is 24.8 Å². The largest absolute Gasteiger partial charge is 1.00 e. The average Bonchev–Trinajstić information content (AvgIpc) is 2.12. The van der Waals surface area contributed by atoms with Gasteiger partial charge in [0, 0.05) is 0 Å². The van der Waals surface area contributed by atoms with Crippen molar-refractivity contribution < 1.29 is 28.8 Å². The third kappa shape index (κ3) is 2.40. The van der Waals surface area contributed by atoms with E-state index in [-0.39, 0.29) is 24.9 Å². The molecule has 0 saturated carbocycles. The molecule has 0 aliphatic carbocycles. The molecule has 1 rings (SSSR count). The first kappa shape index (κ1) is 9.03. The van der Waals surface area contributed by atoms with Crippen molar-refractivity contribution in [3.05, 3.63) is 0 Å². The SMILES string of the molecule is O=C(O)C1CCCN1.[Li+]. The van der Waals surface area contributed by atoms with E-state index in [0.29, 0.717) is 0 Å². The van der Waals surface area contributed by atoms with E-state index in [2.05, 4.69) is 5.32 Å². The van der Waals surface area contributed by atoms with Gasteiger partial charge < -0.3 is 10.4 Å². The number of carboxylic acids is 1. The Morgan fingerprint density at radius 3 is 2.56 bits per heavy atom. The standard InChI is InChI=1S/C5H9NO2.Li/c7-5(8)4-2-1-3-6-4;/h4,6H,1-3H2,(H,7,8);/q;+1. The zero-order chi connectivity index (χ0) is 5.98. The molecule has 0 bridgehead atoms. The van der Waals surface area contributed by atoms with E-state index in [1.54, 1.807) is 0 Å². The van der Waals surface area contributed by atoms with Gasteiger partial charge in [0.15, 0.2) is 0 Å². The van der Waals surface area contributed by atoms with Crippen LogP contribution in [0.2, 0.25) is 0 Å². The summed E-state index contributed by atoms with van der Waals surface area (Å²) < 4.78 is 0. The van der Waals surface area contributed by atoms with Gasteiger partial charge in [-0.3, -0.25) is 4.79 Å². The summed E-state index contributed by atoms with van der Waals surface area (Å²) in [6.07, 6.45) is 1.78. The second-order valence-electron chi connectivity index (χ2n) is 1.99. The minimum absolute atomic E-state index is 0. The fourth-order valence-electron chi connectivity index (χ4n) is 0.895. The van der Waals surface area contributed by atoms with Crippen molar-refractivity contribution in [3.63, 3.8) is 0 Å². The van der Waals surface area contributed by atoms with E-state index in [0.717, 1.165) is 19.4 Å². The number of carboxylic acid groups (broad SMARTS) is 1. The molecule has 0 aromatic rings. The summed E-state index contributed by atoms with van der Waals surface area (Å²) in [7, 11) is 0. The number of nitrogens with one attached hydrogen (secondary N) is 1. The number of aliphatic carboxylic acids is 1. The summed E-state index contributed by atoms with van der Waals surface area (Å²) >= 11 is 0. The predicted octanol–water partition coefficient (Wildman–Crippen LogP) is -3.17. The first-order valence-corrected chi connectivity index (χ1v) is 2.77. The number of carbonyl (C=O) groups is 1. The van der Waals surface area contributed by atoms with Crippen LogP contribution in [0.25, 0.3) is 0 Å². The van der Waals surface area contributed by atoms with Gasteiger partial charge in [-0.15, -0.1) is 0 Å². The molecule has 1 heterocycles. The summed E-state index contributed by atoms with van der Waals surface area (Å²) in [6, 6.07) is -0.269. The molecule has 1 atom stereocenters. The van der Waals surface area contributed by atoms with E-state index in [1.165, 1.54) is 0 Å². The van der Waals surface area contributed by atoms with Gasteiger partial charge in [0.25, 0.3) is 0 Å². The Balaban J connectivity index is 0.000000640. The first-order valence-electron chi connectivity index (χ1n) is 2.77. The van der Waals surface area contributed by atoms with Crippen LogP contribution in [0.3, 0.4) is 0 Å². The molecule has 0 aromatic heterocycles. The topological polar surface area (TPSA) is 49.3 Å². The summed E-state index contributed by atoms with van der Waals surface area (Å²) in [6.45, 7) is 0.858. The monoisotopic (exact) mass is 122 g/mol. The smallest absolute Gasteiger partial charge is 0.480 e. The minimum atomic E-state index is -0.720. The fourth-order valence-corrected chi connectivity index (χ4v) is 0.895. The van der Waals surface area contributed by atoms with E-state index < -0.39 is 5.97 Å². The molecule has 46 valence electrons. The molecule has 0 radical (unpaired) electrons. The molecular formula is C5H9LiNO2+. The molecule has 1 aliphatic rings. The van der Waals surface area contributed by atoms with Crippen LogP contribution in [0.5, 0.6) is 0 Å². The third-order valence-electron chi connectivity index (χ3n) is 1.36. The number of hydrogen-bond donors (Lipinski definition) is 2. The predicted molar refractivity (Wildman–Crippen MR) is 28.7 cm³/mol. The van der Waals surface area contributed by atoms with Gasteiger partial charge in [-0.1, -0.05) is 0 Å². The van der Waals surface area contributed by atoms with Crippen LogP contribution in [0.15, 0.2) is 0 Å². The van der Waals surface area contributed by atoms with Crippen molar-refractivity contribution in [2.24, 2.45) is 0 Å². The van der Waals surface area contributed by atoms with Crippen LogP contribution in [-0.4, -0.2) is 23.7 Å². The molecule has 3 nitrogen and oxygen atoms in total. The maximum absolute atomic E-state index is 10.1. The molecule has 1 aliphatic heterocycles. The van der Waals surface area contributed by atoms with Crippen molar-refractivity contribution in [2.45, 2.75) is 18.9 Å². The van der Waals surface area contributed by atoms with Gasteiger partial charge in [-0.25, -0.2) is 0 Å². The summed E-state index contributed by atoms with van der Waals surface area (Å²) in [4.78, 5) is 10.1. The van der Waals surface area contributed by atoms with Crippen LogP contribution in [0, 0.1) is 0 Å². The minimum Gasteiger partial charge on any atom is -0.480 e. The van der Waals surface area contributed by atoms with Crippen LogP contribution < -0.4 is 24.2 Å². The van der Waals surface area contributed by atoms with Crippen molar-refractivity contribution in [3.8, 4) is 0 Å².